The number of benzene rings is 5. The zero-order valence-electron chi connectivity index (χ0n) is 26.5. The molecule has 48 heavy (non-hydrogen) atoms. The maximum Gasteiger partial charge on any atom is 0.416 e. The molecule has 5 rings (SSSR count). The number of fused-ring (bicyclic) bond motifs is 1. The summed E-state index contributed by atoms with van der Waals surface area (Å²) in [6, 6.07) is 34.7. The molecule has 1 atom stereocenters. The molecule has 10 heteroatoms. The number of nitrogens with one attached hydrogen (secondary N) is 1. The highest BCUT2D eigenvalue weighted by molar-refractivity contribution is 7.88. The molecule has 1 N–H and O–H groups in total. The standard InChI is InChI=1S/C38H34F6NOP.BrH/c1-36(2,3)34(45-35(46)29-21-30(37(39,40)41)23-31(22-29)38(42,43)44)25-47(32-14-6-4-7-15-32,33-16-8-5-9-17-33)24-26-18-19-27-12-10-11-13-28(27)20-26;/h4-23,34H,24-25H2,1-3H3;1H/t34-;/m1./s1. The van der Waals surface area contributed by atoms with Gasteiger partial charge in [-0.3, -0.25) is 4.79 Å². The number of hydrogen-bond donors (Lipinski definition) is 1. The summed E-state index contributed by atoms with van der Waals surface area (Å²) in [5, 5.41) is 7.21. The average Bonchev–Trinajstić information content (AvgIpc) is 3.03. The first-order valence-electron chi connectivity index (χ1n) is 15.1. The van der Waals surface area contributed by atoms with Gasteiger partial charge >= 0.3 is 12.4 Å². The Hall–Kier alpha value is -3.68. The first-order valence-corrected chi connectivity index (χ1v) is 17.3. The number of carbonyl (C=O) groups excluding carboxylic acids is 1. The van der Waals surface area contributed by atoms with Crippen LogP contribution in [0, 0.1) is 5.41 Å². The van der Waals surface area contributed by atoms with Gasteiger partial charge in [0.2, 0.25) is 0 Å². The molecule has 1 amide bonds. The second kappa shape index (κ2) is 14.4. The van der Waals surface area contributed by atoms with Gasteiger partial charge in [-0.05, 0) is 70.3 Å². The molecule has 0 saturated carbocycles. The minimum Gasteiger partial charge on any atom is -1.00 e. The summed E-state index contributed by atoms with van der Waals surface area (Å²) in [6.07, 6.45) is -9.11. The van der Waals surface area contributed by atoms with Gasteiger partial charge in [-0.2, -0.15) is 26.3 Å². The second-order valence-corrected chi connectivity index (χ2v) is 16.5. The van der Waals surface area contributed by atoms with Crippen molar-refractivity contribution in [2.24, 2.45) is 5.41 Å². The smallest absolute Gasteiger partial charge is 0.416 e. The van der Waals surface area contributed by atoms with E-state index in [0.29, 0.717) is 24.5 Å². The Bertz CT molecular complexity index is 1780. The Balaban J connectivity index is 0.00000520. The van der Waals surface area contributed by atoms with E-state index in [1.54, 1.807) is 0 Å². The van der Waals surface area contributed by atoms with Crippen molar-refractivity contribution in [1.29, 1.82) is 0 Å². The summed E-state index contributed by atoms with van der Waals surface area (Å²) in [4.78, 5) is 13.7. The number of amides is 1. The molecular formula is C38H35BrF6NOP. The van der Waals surface area contributed by atoms with Crippen LogP contribution in [0.1, 0.15) is 47.8 Å². The monoisotopic (exact) mass is 745 g/mol. The quantitative estimate of drug-likeness (QED) is 0.136. The first kappa shape index (κ1) is 37.1. The van der Waals surface area contributed by atoms with Crippen molar-refractivity contribution in [2.75, 3.05) is 6.16 Å². The number of rotatable bonds is 8. The van der Waals surface area contributed by atoms with Crippen LogP contribution >= 0.6 is 7.26 Å². The highest BCUT2D eigenvalue weighted by Gasteiger charge is 2.48. The van der Waals surface area contributed by atoms with E-state index in [2.05, 4.69) is 47.8 Å². The molecule has 0 unspecified atom stereocenters. The van der Waals surface area contributed by atoms with Gasteiger partial charge in [0.25, 0.3) is 5.91 Å². The highest BCUT2D eigenvalue weighted by atomic mass is 79.9. The van der Waals surface area contributed by atoms with E-state index >= 15 is 0 Å². The van der Waals surface area contributed by atoms with Gasteiger partial charge in [0.05, 0.1) is 47.4 Å². The van der Waals surface area contributed by atoms with Gasteiger partial charge in [0, 0.05) is 5.56 Å². The van der Waals surface area contributed by atoms with E-state index < -0.39 is 53.7 Å². The molecule has 252 valence electrons. The minimum absolute atomic E-state index is 0. The molecule has 0 bridgehead atoms. The first-order chi connectivity index (χ1) is 22.1. The Morgan fingerprint density at radius 1 is 0.646 bits per heavy atom. The SMILES string of the molecule is CC(C)(C)[C@@H](C[P+](Cc1ccc2ccccc2c1)(c1ccccc1)c1ccccc1)NC(=O)c1cc(C(F)(F)F)cc(C(F)(F)F)c1.[Br-]. The fraction of sp³-hybridized carbons (Fsp3) is 0.237. The normalized spacial score (nSPS) is 13.1. The van der Waals surface area contributed by atoms with Crippen LogP contribution in [0.2, 0.25) is 0 Å². The molecule has 0 aliphatic carbocycles. The van der Waals surface area contributed by atoms with Gasteiger partial charge in [0.1, 0.15) is 0 Å². The van der Waals surface area contributed by atoms with Crippen molar-refractivity contribution in [3.8, 4) is 0 Å². The Morgan fingerprint density at radius 3 is 1.60 bits per heavy atom. The lowest BCUT2D eigenvalue weighted by Crippen LogP contribution is -3.00. The zero-order chi connectivity index (χ0) is 34.0. The molecule has 5 aromatic carbocycles. The number of hydrogen-bond acceptors (Lipinski definition) is 1. The largest absolute Gasteiger partial charge is 1.00 e. The van der Waals surface area contributed by atoms with E-state index in [9.17, 15) is 31.1 Å². The third kappa shape index (κ3) is 8.48. The van der Waals surface area contributed by atoms with Gasteiger partial charge in [-0.1, -0.05) is 93.6 Å². The fourth-order valence-electron chi connectivity index (χ4n) is 5.86. The lowest BCUT2D eigenvalue weighted by atomic mass is 9.87. The number of carbonyl (C=O) groups is 1. The van der Waals surface area contributed by atoms with Crippen LogP contribution in [0.15, 0.2) is 121 Å². The van der Waals surface area contributed by atoms with Crippen LogP contribution in [0.25, 0.3) is 10.8 Å². The van der Waals surface area contributed by atoms with E-state index in [1.807, 2.05) is 81.4 Å². The van der Waals surface area contributed by atoms with Gasteiger partial charge in [-0.15, -0.1) is 0 Å². The van der Waals surface area contributed by atoms with Crippen LogP contribution in [0.3, 0.4) is 0 Å². The molecular weight excluding hydrogens is 711 g/mol. The Morgan fingerprint density at radius 2 is 1.12 bits per heavy atom. The van der Waals surface area contributed by atoms with Crippen molar-refractivity contribution in [3.05, 3.63) is 144 Å². The van der Waals surface area contributed by atoms with Crippen molar-refractivity contribution in [1.82, 2.24) is 5.32 Å². The topological polar surface area (TPSA) is 29.1 Å². The van der Waals surface area contributed by atoms with E-state index in [4.69, 9.17) is 0 Å². The lowest BCUT2D eigenvalue weighted by Gasteiger charge is -2.37. The van der Waals surface area contributed by atoms with Crippen LogP contribution in [-0.2, 0) is 18.5 Å². The molecule has 0 spiro atoms. The van der Waals surface area contributed by atoms with Crippen LogP contribution < -0.4 is 32.9 Å². The summed E-state index contributed by atoms with van der Waals surface area (Å²) in [7, 11) is -2.45. The third-order valence-electron chi connectivity index (χ3n) is 8.46. The van der Waals surface area contributed by atoms with Crippen molar-refractivity contribution >= 4 is 34.6 Å². The summed E-state index contributed by atoms with van der Waals surface area (Å²) in [6.45, 7) is 5.73. The zero-order valence-corrected chi connectivity index (χ0v) is 29.0. The fourth-order valence-corrected chi connectivity index (χ4v) is 10.6. The van der Waals surface area contributed by atoms with E-state index in [-0.39, 0.29) is 23.0 Å². The van der Waals surface area contributed by atoms with Crippen molar-refractivity contribution in [2.45, 2.75) is 45.3 Å². The van der Waals surface area contributed by atoms with Crippen LogP contribution in [0.5, 0.6) is 0 Å². The highest BCUT2D eigenvalue weighted by Crippen LogP contribution is 2.60. The molecule has 0 saturated heterocycles. The summed E-state index contributed by atoms with van der Waals surface area (Å²) in [5.41, 5.74) is -3.30. The third-order valence-corrected chi connectivity index (χ3v) is 12.9. The maximum absolute atomic E-state index is 13.7. The maximum atomic E-state index is 13.7. The van der Waals surface area contributed by atoms with Gasteiger partial charge in [0.15, 0.2) is 0 Å². The van der Waals surface area contributed by atoms with Crippen LogP contribution in [-0.4, -0.2) is 18.1 Å². The van der Waals surface area contributed by atoms with Crippen molar-refractivity contribution in [3.63, 3.8) is 0 Å². The molecule has 2 nitrogen and oxygen atoms in total. The molecule has 0 aliphatic rings. The predicted molar refractivity (Wildman–Crippen MR) is 179 cm³/mol. The Kier molecular flexibility index (Phi) is 11.2. The van der Waals surface area contributed by atoms with Crippen LogP contribution in [0.4, 0.5) is 26.3 Å². The average molecular weight is 747 g/mol. The molecule has 0 aromatic heterocycles. The summed E-state index contributed by atoms with van der Waals surface area (Å²) >= 11 is 0. The molecule has 0 radical (unpaired) electrons. The molecule has 0 heterocycles. The van der Waals surface area contributed by atoms with Crippen molar-refractivity contribution < 1.29 is 48.1 Å². The summed E-state index contributed by atoms with van der Waals surface area (Å²) in [5.74, 6) is -0.994. The predicted octanol–water partition coefficient (Wildman–Crippen LogP) is 6.89. The molecule has 5 aromatic rings. The lowest BCUT2D eigenvalue weighted by molar-refractivity contribution is -0.143. The molecule has 0 fully saturated rings. The van der Waals surface area contributed by atoms with Gasteiger partial charge in [-0.25, -0.2) is 0 Å². The number of alkyl halides is 6. The minimum atomic E-state index is -5.07. The Labute approximate surface area is 287 Å². The van der Waals surface area contributed by atoms with Gasteiger partial charge < -0.3 is 22.3 Å². The molecule has 0 aliphatic heterocycles. The number of halogens is 7. The summed E-state index contributed by atoms with van der Waals surface area (Å²) < 4.78 is 82.0. The van der Waals surface area contributed by atoms with E-state index in [0.717, 1.165) is 26.9 Å². The second-order valence-electron chi connectivity index (χ2n) is 12.8. The van der Waals surface area contributed by atoms with E-state index in [1.165, 1.54) is 0 Å².